The Labute approximate surface area is 199 Å². The zero-order valence-electron chi connectivity index (χ0n) is 19.1. The lowest BCUT2D eigenvalue weighted by Crippen LogP contribution is -2.45. The van der Waals surface area contributed by atoms with Crippen LogP contribution in [-0.2, 0) is 14.3 Å². The minimum Gasteiger partial charge on any atom is -0.456 e. The number of hydrogen-bond acceptors (Lipinski definition) is 9. The van der Waals surface area contributed by atoms with E-state index in [-0.39, 0.29) is 42.0 Å². The molecule has 0 radical (unpaired) electrons. The van der Waals surface area contributed by atoms with E-state index in [9.17, 15) is 23.5 Å². The van der Waals surface area contributed by atoms with Gasteiger partial charge in [0.15, 0.2) is 5.82 Å². The lowest BCUT2D eigenvalue weighted by Gasteiger charge is -2.38. The lowest BCUT2D eigenvalue weighted by atomic mass is 9.77. The van der Waals surface area contributed by atoms with Gasteiger partial charge in [0.2, 0.25) is 5.91 Å². The van der Waals surface area contributed by atoms with Crippen LogP contribution < -0.4 is 0 Å². The number of aliphatic hydroxyl groups is 1. The first-order valence-electron chi connectivity index (χ1n) is 11.4. The number of amides is 1. The van der Waals surface area contributed by atoms with Crippen LogP contribution in [0.15, 0.2) is 29.9 Å². The molecular formula is C22H25F2N7O4. The predicted molar refractivity (Wildman–Crippen MR) is 115 cm³/mol. The largest absolute Gasteiger partial charge is 0.456 e. The molecule has 11 nitrogen and oxygen atoms in total. The lowest BCUT2D eigenvalue weighted by molar-refractivity contribution is -0.138. The van der Waals surface area contributed by atoms with Crippen molar-refractivity contribution in [3.63, 3.8) is 0 Å². The minimum absolute atomic E-state index is 0.00715. The number of rotatable bonds is 6. The van der Waals surface area contributed by atoms with Crippen LogP contribution in [0.2, 0.25) is 0 Å². The Morgan fingerprint density at radius 1 is 1.17 bits per heavy atom. The molecule has 0 aromatic carbocycles. The summed E-state index contributed by atoms with van der Waals surface area (Å²) in [5, 5.41) is 21.4. The number of β-amino-alcohol motifs (C(OH)–C–C–N with tert-alkyl or cyclic N) is 1. The van der Waals surface area contributed by atoms with Gasteiger partial charge in [0.1, 0.15) is 12.9 Å². The second-order valence-corrected chi connectivity index (χ2v) is 9.18. The molecule has 2 aromatic rings. The van der Waals surface area contributed by atoms with Crippen molar-refractivity contribution in [3.05, 3.63) is 41.0 Å². The molecule has 3 aliphatic rings. The number of alkyl halides is 2. The van der Waals surface area contributed by atoms with Crippen LogP contribution in [-0.4, -0.2) is 84.8 Å². The Hall–Kier alpha value is -3.32. The number of aromatic nitrogens is 5. The Kier molecular flexibility index (Phi) is 6.05. The summed E-state index contributed by atoms with van der Waals surface area (Å²) in [4.78, 5) is 32.8. The van der Waals surface area contributed by atoms with Crippen molar-refractivity contribution in [3.8, 4) is 5.82 Å². The zero-order valence-corrected chi connectivity index (χ0v) is 19.1. The van der Waals surface area contributed by atoms with Crippen LogP contribution in [0.3, 0.4) is 0 Å². The fraction of sp³-hybridized carbons (Fsp3) is 0.545. The number of esters is 1. The summed E-state index contributed by atoms with van der Waals surface area (Å²) in [6.07, 6.45) is 0.364. The van der Waals surface area contributed by atoms with E-state index < -0.39 is 17.9 Å². The normalized spacial score (nSPS) is 21.5. The molecular weight excluding hydrogens is 464 g/mol. The average molecular weight is 489 g/mol. The van der Waals surface area contributed by atoms with E-state index in [2.05, 4.69) is 20.5 Å². The quantitative estimate of drug-likeness (QED) is 0.595. The van der Waals surface area contributed by atoms with Crippen LogP contribution >= 0.6 is 0 Å². The Morgan fingerprint density at radius 2 is 1.91 bits per heavy atom. The molecule has 1 N–H and O–H groups in total. The van der Waals surface area contributed by atoms with Crippen molar-refractivity contribution >= 4 is 11.9 Å². The van der Waals surface area contributed by atoms with Crippen molar-refractivity contribution in [1.29, 1.82) is 0 Å². The van der Waals surface area contributed by atoms with Crippen molar-refractivity contribution in [2.75, 3.05) is 32.8 Å². The average Bonchev–Trinajstić information content (AvgIpc) is 3.57. The maximum absolute atomic E-state index is 13.8. The molecule has 5 rings (SSSR count). The number of pyridine rings is 1. The van der Waals surface area contributed by atoms with E-state index >= 15 is 0 Å². The van der Waals surface area contributed by atoms with Crippen molar-refractivity contribution in [2.45, 2.75) is 38.7 Å². The molecule has 3 aliphatic heterocycles. The van der Waals surface area contributed by atoms with Gasteiger partial charge in [0, 0.05) is 30.4 Å². The van der Waals surface area contributed by atoms with Crippen molar-refractivity contribution in [2.24, 2.45) is 5.41 Å². The third-order valence-electron chi connectivity index (χ3n) is 7.29. The SMILES string of the molecule is CC1=C(N2CCC3(CCN(C[C@H](O)c4cnc(-n5cnnn5)cc4C(F)F)CC3)C2=O)COC1=O. The van der Waals surface area contributed by atoms with Gasteiger partial charge in [0.25, 0.3) is 6.43 Å². The van der Waals surface area contributed by atoms with Gasteiger partial charge >= 0.3 is 5.97 Å². The van der Waals surface area contributed by atoms with Crippen LogP contribution in [0.5, 0.6) is 0 Å². The number of carbonyl (C=O) groups is 2. The smallest absolute Gasteiger partial charge is 0.336 e. The van der Waals surface area contributed by atoms with Gasteiger partial charge in [-0.3, -0.25) is 4.79 Å². The molecule has 13 heteroatoms. The molecule has 2 saturated heterocycles. The summed E-state index contributed by atoms with van der Waals surface area (Å²) in [6, 6.07) is 1.17. The van der Waals surface area contributed by atoms with Crippen LogP contribution in [0.4, 0.5) is 8.78 Å². The topological polar surface area (TPSA) is 127 Å². The molecule has 2 aromatic heterocycles. The highest BCUT2D eigenvalue weighted by Crippen LogP contribution is 2.44. The fourth-order valence-corrected chi connectivity index (χ4v) is 5.13. The number of hydrogen-bond donors (Lipinski definition) is 1. The predicted octanol–water partition coefficient (Wildman–Crippen LogP) is 1.17. The highest BCUT2D eigenvalue weighted by atomic mass is 19.3. The molecule has 0 bridgehead atoms. The second kappa shape index (κ2) is 9.04. The van der Waals surface area contributed by atoms with E-state index in [1.54, 1.807) is 11.8 Å². The molecule has 1 atom stereocenters. The minimum atomic E-state index is -2.81. The van der Waals surface area contributed by atoms with Gasteiger partial charge in [-0.2, -0.15) is 4.68 Å². The van der Waals surface area contributed by atoms with E-state index in [4.69, 9.17) is 4.74 Å². The molecule has 0 saturated carbocycles. The third-order valence-corrected chi connectivity index (χ3v) is 7.29. The summed E-state index contributed by atoms with van der Waals surface area (Å²) in [5.41, 5.74) is 0.333. The first-order valence-corrected chi connectivity index (χ1v) is 11.4. The number of aliphatic hydroxyl groups excluding tert-OH is 1. The molecule has 35 heavy (non-hydrogen) atoms. The molecule has 1 spiro atoms. The number of tetrazole rings is 1. The molecule has 5 heterocycles. The highest BCUT2D eigenvalue weighted by Gasteiger charge is 2.50. The van der Waals surface area contributed by atoms with E-state index in [1.165, 1.54) is 23.3 Å². The number of nitrogens with zero attached hydrogens (tertiary/aromatic N) is 7. The number of cyclic esters (lactones) is 1. The number of ether oxygens (including phenoxy) is 1. The first-order chi connectivity index (χ1) is 16.8. The van der Waals surface area contributed by atoms with Gasteiger partial charge in [-0.25, -0.2) is 18.6 Å². The number of piperidine rings is 1. The monoisotopic (exact) mass is 489 g/mol. The summed E-state index contributed by atoms with van der Waals surface area (Å²) < 4.78 is 33.7. The molecule has 0 unspecified atom stereocenters. The zero-order chi connectivity index (χ0) is 24.7. The summed E-state index contributed by atoms with van der Waals surface area (Å²) in [7, 11) is 0. The Balaban J connectivity index is 1.24. The van der Waals surface area contributed by atoms with Crippen LogP contribution in [0.1, 0.15) is 49.8 Å². The molecule has 2 fully saturated rings. The van der Waals surface area contributed by atoms with Crippen LogP contribution in [0.25, 0.3) is 5.82 Å². The van der Waals surface area contributed by atoms with Crippen LogP contribution in [0, 0.1) is 5.41 Å². The van der Waals surface area contributed by atoms with Gasteiger partial charge in [-0.05, 0) is 55.8 Å². The second-order valence-electron chi connectivity index (χ2n) is 9.18. The van der Waals surface area contributed by atoms with Gasteiger partial charge in [-0.1, -0.05) is 0 Å². The van der Waals surface area contributed by atoms with E-state index in [0.717, 1.165) is 0 Å². The van der Waals surface area contributed by atoms with Gasteiger partial charge < -0.3 is 19.6 Å². The van der Waals surface area contributed by atoms with Gasteiger partial charge in [-0.15, -0.1) is 5.10 Å². The van der Waals surface area contributed by atoms with Gasteiger partial charge in [0.05, 0.1) is 22.8 Å². The molecule has 0 aliphatic carbocycles. The fourth-order valence-electron chi connectivity index (χ4n) is 5.13. The first kappa shape index (κ1) is 23.4. The van der Waals surface area contributed by atoms with Crippen molar-refractivity contribution < 1.29 is 28.2 Å². The maximum Gasteiger partial charge on any atom is 0.336 e. The number of halogens is 2. The van der Waals surface area contributed by atoms with E-state index in [1.807, 2.05) is 4.90 Å². The third kappa shape index (κ3) is 4.18. The summed E-state index contributed by atoms with van der Waals surface area (Å²) >= 11 is 0. The number of carbonyl (C=O) groups excluding carboxylic acids is 2. The summed E-state index contributed by atoms with van der Waals surface area (Å²) in [6.45, 7) is 3.57. The standard InChI is InChI=1S/C22H25F2N7O4/c1-13-16(11-35-20(13)33)30-7-4-22(21(30)34)2-5-29(6-3-22)10-17(32)15-9-25-18(8-14(15)19(23)24)31-12-26-27-28-31/h8-9,12,17,19,32H,2-7,10-11H2,1H3/t17-/m0/s1. The number of likely N-dealkylation sites (tertiary alicyclic amines) is 2. The summed E-state index contributed by atoms with van der Waals surface area (Å²) in [5.74, 6) is -0.251. The molecule has 186 valence electrons. The van der Waals surface area contributed by atoms with Crippen molar-refractivity contribution in [1.82, 2.24) is 35.0 Å². The van der Waals surface area contributed by atoms with E-state index in [0.29, 0.717) is 50.2 Å². The molecule has 1 amide bonds. The Bertz CT molecular complexity index is 1160. The Morgan fingerprint density at radius 3 is 2.54 bits per heavy atom. The highest BCUT2D eigenvalue weighted by molar-refractivity contribution is 5.94. The maximum atomic E-state index is 13.8.